The first-order chi connectivity index (χ1) is 10.1. The number of carboxylic acids is 1. The lowest BCUT2D eigenvalue weighted by atomic mass is 10.1. The summed E-state index contributed by atoms with van der Waals surface area (Å²) in [6.07, 6.45) is -1.21. The van der Waals surface area contributed by atoms with E-state index >= 15 is 0 Å². The van der Waals surface area contributed by atoms with Crippen LogP contribution in [0.5, 0.6) is 0 Å². The lowest BCUT2D eigenvalue weighted by molar-refractivity contribution is -0.138. The molecule has 0 spiro atoms. The third-order valence-electron chi connectivity index (χ3n) is 2.64. The summed E-state index contributed by atoms with van der Waals surface area (Å²) < 4.78 is 0. The highest BCUT2D eigenvalue weighted by Gasteiger charge is 2.28. The van der Waals surface area contributed by atoms with Crippen molar-refractivity contribution in [2.75, 3.05) is 6.54 Å². The largest absolute Gasteiger partial charge is 0.480 e. The number of aliphatic carboxylic acids is 1. The molecule has 0 aromatic carbocycles. The van der Waals surface area contributed by atoms with Gasteiger partial charge in [-0.3, -0.25) is 19.2 Å². The van der Waals surface area contributed by atoms with E-state index in [0.717, 1.165) is 0 Å². The Balaban J connectivity index is 4.65. The van der Waals surface area contributed by atoms with Crippen molar-refractivity contribution < 1.29 is 29.4 Å². The van der Waals surface area contributed by atoms with Gasteiger partial charge in [-0.05, 0) is 20.8 Å². The number of carboxylic acid groups (broad SMARTS) is 1. The third-order valence-corrected chi connectivity index (χ3v) is 2.64. The fourth-order valence-electron chi connectivity index (χ4n) is 1.37. The molecule has 4 unspecified atom stereocenters. The van der Waals surface area contributed by atoms with Crippen molar-refractivity contribution in [1.82, 2.24) is 16.0 Å². The number of hydrogen-bond donors (Lipinski definition) is 6. The molecule has 22 heavy (non-hydrogen) atoms. The molecule has 0 bridgehead atoms. The minimum absolute atomic E-state index is 0.583. The zero-order valence-electron chi connectivity index (χ0n) is 12.6. The molecule has 0 aliphatic rings. The Morgan fingerprint density at radius 2 is 1.55 bits per heavy atom. The van der Waals surface area contributed by atoms with Gasteiger partial charge >= 0.3 is 5.97 Å². The van der Waals surface area contributed by atoms with E-state index < -0.39 is 54.5 Å². The minimum atomic E-state index is -1.28. The van der Waals surface area contributed by atoms with E-state index in [2.05, 4.69) is 16.0 Å². The predicted octanol–water partition coefficient (Wildman–Crippen LogP) is -3.10. The van der Waals surface area contributed by atoms with Crippen LogP contribution in [-0.2, 0) is 19.2 Å². The van der Waals surface area contributed by atoms with Gasteiger partial charge in [-0.2, -0.15) is 0 Å². The summed E-state index contributed by atoms with van der Waals surface area (Å²) in [4.78, 5) is 45.3. The van der Waals surface area contributed by atoms with Gasteiger partial charge in [0.2, 0.25) is 17.7 Å². The molecule has 0 aromatic rings. The number of rotatable bonds is 8. The van der Waals surface area contributed by atoms with Crippen molar-refractivity contribution in [3.8, 4) is 0 Å². The smallest absolute Gasteiger partial charge is 0.322 e. The summed E-state index contributed by atoms with van der Waals surface area (Å²) in [5, 5.41) is 24.6. The molecule has 0 rings (SSSR count). The lowest BCUT2D eigenvalue weighted by Gasteiger charge is -2.23. The van der Waals surface area contributed by atoms with Gasteiger partial charge in [0.25, 0.3) is 0 Å². The van der Waals surface area contributed by atoms with E-state index in [1.807, 2.05) is 0 Å². The molecule has 0 aromatic heterocycles. The number of nitrogens with one attached hydrogen (secondary N) is 3. The summed E-state index contributed by atoms with van der Waals surface area (Å²) in [6, 6.07) is -3.20. The quantitative estimate of drug-likeness (QED) is 0.275. The zero-order chi connectivity index (χ0) is 17.4. The molecule has 3 amide bonds. The van der Waals surface area contributed by atoms with Crippen molar-refractivity contribution in [2.24, 2.45) is 5.73 Å². The first-order valence-corrected chi connectivity index (χ1v) is 6.60. The topological polar surface area (TPSA) is 171 Å². The molecule has 10 heteroatoms. The summed E-state index contributed by atoms with van der Waals surface area (Å²) in [5.74, 6) is -3.36. The standard InChI is InChI=1S/C12H22N4O6/c1-5(13)10(20)16-9(7(3)17)12(22)15-6(2)11(21)14-4-8(18)19/h5-7,9,17H,4,13H2,1-3H3,(H,14,21)(H,15,22)(H,16,20)(H,18,19). The van der Waals surface area contributed by atoms with Gasteiger partial charge in [0.05, 0.1) is 12.1 Å². The highest BCUT2D eigenvalue weighted by atomic mass is 16.4. The maximum Gasteiger partial charge on any atom is 0.322 e. The van der Waals surface area contributed by atoms with Gasteiger partial charge in [-0.1, -0.05) is 0 Å². The van der Waals surface area contributed by atoms with Gasteiger partial charge in [-0.25, -0.2) is 0 Å². The average Bonchev–Trinajstić information content (AvgIpc) is 2.40. The van der Waals surface area contributed by atoms with Crippen LogP contribution in [-0.4, -0.2) is 64.7 Å². The van der Waals surface area contributed by atoms with Crippen LogP contribution in [0, 0.1) is 0 Å². The van der Waals surface area contributed by atoms with E-state index in [1.54, 1.807) is 0 Å². The van der Waals surface area contributed by atoms with E-state index in [-0.39, 0.29) is 0 Å². The molecule has 0 aliphatic heterocycles. The first kappa shape index (κ1) is 19.8. The zero-order valence-corrected chi connectivity index (χ0v) is 12.6. The van der Waals surface area contributed by atoms with Crippen molar-refractivity contribution in [2.45, 2.75) is 45.0 Å². The predicted molar refractivity (Wildman–Crippen MR) is 75.5 cm³/mol. The number of aliphatic hydroxyl groups is 1. The van der Waals surface area contributed by atoms with Crippen LogP contribution in [0.25, 0.3) is 0 Å². The van der Waals surface area contributed by atoms with Crippen LogP contribution in [0.1, 0.15) is 20.8 Å². The molecule has 4 atom stereocenters. The molecule has 7 N–H and O–H groups in total. The van der Waals surface area contributed by atoms with Crippen LogP contribution in [0.2, 0.25) is 0 Å². The fourth-order valence-corrected chi connectivity index (χ4v) is 1.37. The van der Waals surface area contributed by atoms with Crippen molar-refractivity contribution in [3.63, 3.8) is 0 Å². The summed E-state index contributed by atoms with van der Waals surface area (Å²) >= 11 is 0. The molecule has 0 heterocycles. The molecule has 0 aliphatic carbocycles. The maximum absolute atomic E-state index is 12.0. The highest BCUT2D eigenvalue weighted by Crippen LogP contribution is 1.96. The Kier molecular flexibility index (Phi) is 8.05. The fraction of sp³-hybridized carbons (Fsp3) is 0.667. The SMILES string of the molecule is CC(N)C(=O)NC(C(=O)NC(C)C(=O)NCC(=O)O)C(C)O. The second kappa shape index (κ2) is 8.95. The minimum Gasteiger partial charge on any atom is -0.480 e. The Morgan fingerprint density at radius 3 is 1.95 bits per heavy atom. The molecule has 0 radical (unpaired) electrons. The van der Waals surface area contributed by atoms with E-state index in [4.69, 9.17) is 10.8 Å². The van der Waals surface area contributed by atoms with Crippen molar-refractivity contribution >= 4 is 23.7 Å². The van der Waals surface area contributed by atoms with E-state index in [9.17, 15) is 24.3 Å². The van der Waals surface area contributed by atoms with Gasteiger partial charge in [0.15, 0.2) is 0 Å². The number of hydrogen-bond acceptors (Lipinski definition) is 6. The van der Waals surface area contributed by atoms with Crippen LogP contribution < -0.4 is 21.7 Å². The third kappa shape index (κ3) is 6.99. The lowest BCUT2D eigenvalue weighted by Crippen LogP contribution is -2.58. The molecule has 10 nitrogen and oxygen atoms in total. The Bertz CT molecular complexity index is 437. The second-order valence-electron chi connectivity index (χ2n) is 4.86. The van der Waals surface area contributed by atoms with Crippen LogP contribution >= 0.6 is 0 Å². The summed E-state index contributed by atoms with van der Waals surface area (Å²) in [7, 11) is 0. The van der Waals surface area contributed by atoms with Gasteiger partial charge in [-0.15, -0.1) is 0 Å². The average molecular weight is 318 g/mol. The summed E-state index contributed by atoms with van der Waals surface area (Å²) in [6.45, 7) is 3.46. The molecular weight excluding hydrogens is 296 g/mol. The Morgan fingerprint density at radius 1 is 1.00 bits per heavy atom. The van der Waals surface area contributed by atoms with E-state index in [0.29, 0.717) is 0 Å². The van der Waals surface area contributed by atoms with Gasteiger partial charge in [0.1, 0.15) is 18.6 Å². The number of nitrogens with two attached hydrogens (primary N) is 1. The normalized spacial score (nSPS) is 15.9. The number of aliphatic hydroxyl groups excluding tert-OH is 1. The van der Waals surface area contributed by atoms with Gasteiger partial charge < -0.3 is 31.9 Å². The molecular formula is C12H22N4O6. The molecule has 126 valence electrons. The van der Waals surface area contributed by atoms with Crippen LogP contribution in [0.15, 0.2) is 0 Å². The van der Waals surface area contributed by atoms with E-state index in [1.165, 1.54) is 20.8 Å². The summed E-state index contributed by atoms with van der Waals surface area (Å²) in [5.41, 5.74) is 5.36. The molecule has 0 saturated carbocycles. The number of carbonyl (C=O) groups is 4. The van der Waals surface area contributed by atoms with Crippen molar-refractivity contribution in [1.29, 1.82) is 0 Å². The molecule has 0 saturated heterocycles. The maximum atomic E-state index is 12.0. The Hall–Kier alpha value is -2.20. The molecule has 0 fully saturated rings. The second-order valence-corrected chi connectivity index (χ2v) is 4.86. The van der Waals surface area contributed by atoms with Crippen molar-refractivity contribution in [3.05, 3.63) is 0 Å². The van der Waals surface area contributed by atoms with Crippen LogP contribution in [0.3, 0.4) is 0 Å². The highest BCUT2D eigenvalue weighted by molar-refractivity contribution is 5.93. The van der Waals surface area contributed by atoms with Gasteiger partial charge in [0, 0.05) is 0 Å². The van der Waals surface area contributed by atoms with Crippen LogP contribution in [0.4, 0.5) is 0 Å². The number of amides is 3. The number of carbonyl (C=O) groups excluding carboxylic acids is 3. The first-order valence-electron chi connectivity index (χ1n) is 6.60. The monoisotopic (exact) mass is 318 g/mol. The Labute approximate surface area is 127 Å².